The van der Waals surface area contributed by atoms with E-state index in [0.29, 0.717) is 6.42 Å². The Hall–Kier alpha value is -2.10. The molecule has 0 aliphatic carbocycles. The minimum absolute atomic E-state index is 0.00306. The molecule has 0 aliphatic rings. The lowest BCUT2D eigenvalue weighted by Crippen LogP contribution is -2.28. The van der Waals surface area contributed by atoms with E-state index >= 15 is 0 Å². The molecule has 1 aromatic rings. The fourth-order valence-corrected chi connectivity index (χ4v) is 1.89. The molecule has 0 fully saturated rings. The average molecular weight is 304 g/mol. The van der Waals surface area contributed by atoms with Gasteiger partial charge in [0.1, 0.15) is 12.2 Å². The van der Waals surface area contributed by atoms with Gasteiger partial charge in [-0.05, 0) is 32.8 Å². The Morgan fingerprint density at radius 1 is 1.23 bits per heavy atom. The normalized spacial score (nSPS) is 12.3. The summed E-state index contributed by atoms with van der Waals surface area (Å²) in [4.78, 5) is 24.0. The van der Waals surface area contributed by atoms with E-state index in [1.807, 2.05) is 30.3 Å². The second-order valence-electron chi connectivity index (χ2n) is 6.11. The summed E-state index contributed by atoms with van der Waals surface area (Å²) < 4.78 is 10.5. The molecule has 0 spiro atoms. The Balaban J connectivity index is 2.56. The maximum atomic E-state index is 12.1. The van der Waals surface area contributed by atoms with Gasteiger partial charge in [-0.1, -0.05) is 36.4 Å². The third-order valence-electron chi connectivity index (χ3n) is 2.84. The van der Waals surface area contributed by atoms with Crippen molar-refractivity contribution >= 4 is 11.9 Å². The zero-order valence-corrected chi connectivity index (χ0v) is 13.5. The number of hydrogen-bond acceptors (Lipinski definition) is 4. The minimum Gasteiger partial charge on any atom is -0.461 e. The number of allylic oxidation sites excluding steroid dienone is 1. The molecule has 0 radical (unpaired) electrons. The number of rotatable bonds is 7. The van der Waals surface area contributed by atoms with Gasteiger partial charge < -0.3 is 9.47 Å². The molecule has 4 heteroatoms. The van der Waals surface area contributed by atoms with E-state index in [1.165, 1.54) is 0 Å². The van der Waals surface area contributed by atoms with E-state index in [2.05, 4.69) is 6.58 Å². The molecule has 22 heavy (non-hydrogen) atoms. The summed E-state index contributed by atoms with van der Waals surface area (Å²) >= 11 is 0. The van der Waals surface area contributed by atoms with Crippen LogP contribution in [-0.2, 0) is 25.7 Å². The van der Waals surface area contributed by atoms with Crippen LogP contribution in [0.2, 0.25) is 0 Å². The monoisotopic (exact) mass is 304 g/mol. The molecule has 1 rings (SSSR count). The summed E-state index contributed by atoms with van der Waals surface area (Å²) in [5, 5.41) is 0. The lowest BCUT2D eigenvalue weighted by molar-refractivity contribution is -0.162. The van der Waals surface area contributed by atoms with E-state index < -0.39 is 23.5 Å². The van der Waals surface area contributed by atoms with Crippen LogP contribution >= 0.6 is 0 Å². The van der Waals surface area contributed by atoms with Gasteiger partial charge in [0, 0.05) is 0 Å². The van der Waals surface area contributed by atoms with Crippen LogP contribution in [0, 0.1) is 5.92 Å². The Bertz CT molecular complexity index is 500. The van der Waals surface area contributed by atoms with Crippen LogP contribution in [0.5, 0.6) is 0 Å². The summed E-state index contributed by atoms with van der Waals surface area (Å²) in [6, 6.07) is 9.41. The fourth-order valence-electron chi connectivity index (χ4n) is 1.89. The third kappa shape index (κ3) is 7.07. The predicted octanol–water partition coefficient (Wildman–Crippen LogP) is 3.65. The molecule has 0 bridgehead atoms. The quantitative estimate of drug-likeness (QED) is 0.570. The van der Waals surface area contributed by atoms with E-state index in [9.17, 15) is 9.59 Å². The molecule has 0 unspecified atom stereocenters. The highest BCUT2D eigenvalue weighted by Crippen LogP contribution is 2.17. The van der Waals surface area contributed by atoms with Crippen molar-refractivity contribution in [2.24, 2.45) is 5.92 Å². The Labute approximate surface area is 132 Å². The van der Waals surface area contributed by atoms with Gasteiger partial charge in [0.25, 0.3) is 0 Å². The van der Waals surface area contributed by atoms with Crippen LogP contribution in [-0.4, -0.2) is 17.5 Å². The van der Waals surface area contributed by atoms with Crippen molar-refractivity contribution < 1.29 is 19.1 Å². The highest BCUT2D eigenvalue weighted by Gasteiger charge is 2.25. The molecule has 1 aromatic carbocycles. The Morgan fingerprint density at radius 2 is 1.86 bits per heavy atom. The number of hydrogen-bond donors (Lipinski definition) is 0. The van der Waals surface area contributed by atoms with Crippen LogP contribution in [0.4, 0.5) is 0 Å². The van der Waals surface area contributed by atoms with Crippen molar-refractivity contribution in [2.45, 2.75) is 45.8 Å². The molecule has 0 aliphatic heterocycles. The number of carbonyl (C=O) groups is 2. The first-order valence-corrected chi connectivity index (χ1v) is 7.35. The minimum atomic E-state index is -0.566. The molecule has 0 heterocycles. The van der Waals surface area contributed by atoms with Gasteiger partial charge in [-0.2, -0.15) is 0 Å². The molecule has 120 valence electrons. The number of carbonyl (C=O) groups excluding carboxylic acids is 2. The highest BCUT2D eigenvalue weighted by molar-refractivity contribution is 5.80. The molecular weight excluding hydrogens is 280 g/mol. The van der Waals surface area contributed by atoms with E-state index in [1.54, 1.807) is 26.8 Å². The Morgan fingerprint density at radius 3 is 2.41 bits per heavy atom. The smallest absolute Gasteiger partial charge is 0.310 e. The van der Waals surface area contributed by atoms with Crippen LogP contribution < -0.4 is 0 Å². The second kappa shape index (κ2) is 8.37. The third-order valence-corrected chi connectivity index (χ3v) is 2.84. The van der Waals surface area contributed by atoms with Gasteiger partial charge in [-0.3, -0.25) is 9.59 Å². The second-order valence-corrected chi connectivity index (χ2v) is 6.11. The summed E-state index contributed by atoms with van der Waals surface area (Å²) in [7, 11) is 0. The van der Waals surface area contributed by atoms with Crippen molar-refractivity contribution in [3.8, 4) is 0 Å². The predicted molar refractivity (Wildman–Crippen MR) is 85.0 cm³/mol. The van der Waals surface area contributed by atoms with Crippen molar-refractivity contribution in [3.63, 3.8) is 0 Å². The largest absolute Gasteiger partial charge is 0.461 e. The molecule has 0 N–H and O–H groups in total. The van der Waals surface area contributed by atoms with Crippen molar-refractivity contribution in [1.82, 2.24) is 0 Å². The summed E-state index contributed by atoms with van der Waals surface area (Å²) in [5.74, 6) is -1.37. The lowest BCUT2D eigenvalue weighted by atomic mass is 10.0. The molecule has 0 aromatic heterocycles. The number of ether oxygens (including phenoxy) is 2. The van der Waals surface area contributed by atoms with Gasteiger partial charge in [-0.25, -0.2) is 0 Å². The van der Waals surface area contributed by atoms with E-state index in [-0.39, 0.29) is 13.0 Å². The topological polar surface area (TPSA) is 52.6 Å². The Kier molecular flexibility index (Phi) is 6.83. The van der Waals surface area contributed by atoms with Gasteiger partial charge >= 0.3 is 11.9 Å². The van der Waals surface area contributed by atoms with Gasteiger partial charge in [-0.15, -0.1) is 6.58 Å². The molecular formula is C18H24O4. The van der Waals surface area contributed by atoms with Crippen LogP contribution in [0.3, 0.4) is 0 Å². The van der Waals surface area contributed by atoms with Crippen LogP contribution in [0.15, 0.2) is 43.0 Å². The zero-order chi connectivity index (χ0) is 16.6. The van der Waals surface area contributed by atoms with Crippen LogP contribution in [0.1, 0.15) is 39.2 Å². The standard InChI is InChI=1S/C18H24O4/c1-5-9-15(12-16(19)22-18(2,3)4)17(20)21-13-14-10-7-6-8-11-14/h5-8,10-11,15H,1,9,12-13H2,2-4H3/t15-/m1/s1. The molecule has 0 saturated heterocycles. The van der Waals surface area contributed by atoms with E-state index in [4.69, 9.17) is 9.47 Å². The maximum Gasteiger partial charge on any atom is 0.310 e. The summed E-state index contributed by atoms with van der Waals surface area (Å²) in [6.45, 7) is 9.20. The molecule has 1 atom stereocenters. The fraction of sp³-hybridized carbons (Fsp3) is 0.444. The maximum absolute atomic E-state index is 12.1. The zero-order valence-electron chi connectivity index (χ0n) is 13.5. The number of benzene rings is 1. The van der Waals surface area contributed by atoms with Crippen molar-refractivity contribution in [2.75, 3.05) is 0 Å². The first-order chi connectivity index (χ1) is 10.3. The van der Waals surface area contributed by atoms with Gasteiger partial charge in [0.2, 0.25) is 0 Å². The van der Waals surface area contributed by atoms with Crippen molar-refractivity contribution in [3.05, 3.63) is 48.6 Å². The van der Waals surface area contributed by atoms with Gasteiger partial charge in [0.05, 0.1) is 12.3 Å². The highest BCUT2D eigenvalue weighted by atomic mass is 16.6. The summed E-state index contributed by atoms with van der Waals surface area (Å²) in [5.41, 5.74) is 0.342. The lowest BCUT2D eigenvalue weighted by Gasteiger charge is -2.21. The average Bonchev–Trinajstić information content (AvgIpc) is 2.43. The first-order valence-electron chi connectivity index (χ1n) is 7.35. The SMILES string of the molecule is C=CC[C@H](CC(=O)OC(C)(C)C)C(=O)OCc1ccccc1. The van der Waals surface area contributed by atoms with Crippen molar-refractivity contribution in [1.29, 1.82) is 0 Å². The van der Waals surface area contributed by atoms with E-state index in [0.717, 1.165) is 5.56 Å². The van der Waals surface area contributed by atoms with Crippen LogP contribution in [0.25, 0.3) is 0 Å². The molecule has 0 amide bonds. The number of esters is 2. The van der Waals surface area contributed by atoms with Gasteiger partial charge in [0.15, 0.2) is 0 Å². The molecule has 0 saturated carbocycles. The first kappa shape index (κ1) is 18.0. The molecule has 4 nitrogen and oxygen atoms in total. The summed E-state index contributed by atoms with van der Waals surface area (Å²) in [6.07, 6.45) is 1.99.